The first kappa shape index (κ1) is 21.6. The summed E-state index contributed by atoms with van der Waals surface area (Å²) >= 11 is 0. The van der Waals surface area contributed by atoms with Crippen LogP contribution in [0.4, 0.5) is 0 Å². The topological polar surface area (TPSA) is 106 Å². The third-order valence-electron chi connectivity index (χ3n) is 4.42. The average Bonchev–Trinajstić information content (AvgIpc) is 2.67. The quantitative estimate of drug-likeness (QED) is 0.382. The van der Waals surface area contributed by atoms with Crippen LogP contribution in [-0.4, -0.2) is 29.4 Å². The van der Waals surface area contributed by atoms with Crippen molar-refractivity contribution >= 4 is 16.9 Å². The van der Waals surface area contributed by atoms with Crippen LogP contribution in [0.3, 0.4) is 0 Å². The molecule has 0 aliphatic rings. The number of aromatic hydroxyl groups is 1. The summed E-state index contributed by atoms with van der Waals surface area (Å²) < 4.78 is 15.8. The molecular weight excluding hydrogens is 364 g/mol. The summed E-state index contributed by atoms with van der Waals surface area (Å²) in [6.45, 7) is 1.92. The standard InChI is InChI=1S/C21H28O7/c1-2-3-4-5-6-7-8-9-13-26-20-18(24)15-11-10-12-16(27-14-17(22)23)19(15)28-21(20)25/h10-12,24H,2-9,13-14H2,1H3,(H,22,23). The fraction of sp³-hybridized carbons (Fsp3) is 0.524. The van der Waals surface area contributed by atoms with Gasteiger partial charge in [0, 0.05) is 0 Å². The molecule has 2 aromatic rings. The molecule has 0 fully saturated rings. The molecule has 0 amide bonds. The fourth-order valence-electron chi connectivity index (χ4n) is 2.96. The lowest BCUT2D eigenvalue weighted by atomic mass is 10.1. The third kappa shape index (κ3) is 6.18. The summed E-state index contributed by atoms with van der Waals surface area (Å²) in [6, 6.07) is 4.58. The maximum absolute atomic E-state index is 12.2. The lowest BCUT2D eigenvalue weighted by molar-refractivity contribution is -0.139. The van der Waals surface area contributed by atoms with Gasteiger partial charge in [-0.05, 0) is 18.6 Å². The molecule has 0 bridgehead atoms. The van der Waals surface area contributed by atoms with Gasteiger partial charge in [-0.25, -0.2) is 9.59 Å². The molecule has 1 heterocycles. The summed E-state index contributed by atoms with van der Waals surface area (Å²) in [7, 11) is 0. The second-order valence-corrected chi connectivity index (χ2v) is 6.71. The molecule has 0 radical (unpaired) electrons. The van der Waals surface area contributed by atoms with E-state index in [0.717, 1.165) is 19.3 Å². The van der Waals surface area contributed by atoms with Crippen molar-refractivity contribution in [1.82, 2.24) is 0 Å². The van der Waals surface area contributed by atoms with Crippen LogP contribution in [0.25, 0.3) is 11.0 Å². The van der Waals surface area contributed by atoms with E-state index in [9.17, 15) is 14.7 Å². The average molecular weight is 392 g/mol. The minimum atomic E-state index is -1.16. The van der Waals surface area contributed by atoms with E-state index in [-0.39, 0.29) is 28.2 Å². The molecule has 2 rings (SSSR count). The highest BCUT2D eigenvalue weighted by Crippen LogP contribution is 2.35. The number of carboxylic acids is 1. The van der Waals surface area contributed by atoms with Crippen molar-refractivity contribution < 1.29 is 28.9 Å². The van der Waals surface area contributed by atoms with Crippen LogP contribution in [0.1, 0.15) is 58.3 Å². The van der Waals surface area contributed by atoms with Gasteiger partial charge >= 0.3 is 11.6 Å². The Kier molecular flexibility index (Phi) is 8.65. The molecule has 0 aliphatic carbocycles. The number of carbonyl (C=O) groups is 1. The van der Waals surface area contributed by atoms with Crippen molar-refractivity contribution in [2.24, 2.45) is 0 Å². The highest BCUT2D eigenvalue weighted by atomic mass is 16.5. The van der Waals surface area contributed by atoms with Gasteiger partial charge in [0.2, 0.25) is 5.75 Å². The fourth-order valence-corrected chi connectivity index (χ4v) is 2.96. The van der Waals surface area contributed by atoms with E-state index >= 15 is 0 Å². The van der Waals surface area contributed by atoms with Gasteiger partial charge in [-0.15, -0.1) is 0 Å². The first-order chi connectivity index (χ1) is 13.5. The molecule has 0 aliphatic heterocycles. The molecule has 1 aromatic heterocycles. The Morgan fingerprint density at radius 3 is 2.39 bits per heavy atom. The van der Waals surface area contributed by atoms with E-state index in [1.807, 2.05) is 0 Å². The smallest absolute Gasteiger partial charge is 0.383 e. The van der Waals surface area contributed by atoms with Crippen LogP contribution in [0.15, 0.2) is 27.4 Å². The Labute approximate surface area is 163 Å². The molecule has 7 heteroatoms. The molecule has 154 valence electrons. The second kappa shape index (κ2) is 11.2. The van der Waals surface area contributed by atoms with Crippen LogP contribution in [0.2, 0.25) is 0 Å². The molecule has 0 saturated carbocycles. The SMILES string of the molecule is CCCCCCCCCCOc1c(O)c2cccc(OCC(=O)O)c2oc1=O. The van der Waals surface area contributed by atoms with Gasteiger partial charge in [-0.3, -0.25) is 0 Å². The normalized spacial score (nSPS) is 10.9. The minimum Gasteiger partial charge on any atom is -0.504 e. The predicted octanol–water partition coefficient (Wildman–Crippen LogP) is 4.48. The largest absolute Gasteiger partial charge is 0.504 e. The number of para-hydroxylation sites is 1. The predicted molar refractivity (Wildman–Crippen MR) is 105 cm³/mol. The molecule has 2 N–H and O–H groups in total. The molecular formula is C21H28O7. The first-order valence-corrected chi connectivity index (χ1v) is 9.80. The van der Waals surface area contributed by atoms with Gasteiger partial charge < -0.3 is 24.1 Å². The van der Waals surface area contributed by atoms with E-state index in [2.05, 4.69) is 6.92 Å². The molecule has 0 atom stereocenters. The molecule has 0 saturated heterocycles. The van der Waals surface area contributed by atoms with Gasteiger partial charge in [0.25, 0.3) is 0 Å². The van der Waals surface area contributed by atoms with Crippen molar-refractivity contribution in [2.75, 3.05) is 13.2 Å². The number of rotatable bonds is 13. The number of hydrogen-bond acceptors (Lipinski definition) is 6. The molecule has 0 unspecified atom stereocenters. The van der Waals surface area contributed by atoms with Crippen molar-refractivity contribution in [3.05, 3.63) is 28.6 Å². The third-order valence-corrected chi connectivity index (χ3v) is 4.42. The van der Waals surface area contributed by atoms with E-state index in [1.165, 1.54) is 38.2 Å². The summed E-state index contributed by atoms with van der Waals surface area (Å²) in [4.78, 5) is 22.9. The zero-order valence-electron chi connectivity index (χ0n) is 16.2. The van der Waals surface area contributed by atoms with Gasteiger partial charge in [-0.1, -0.05) is 57.9 Å². The number of fused-ring (bicyclic) bond motifs is 1. The Morgan fingerprint density at radius 1 is 1.04 bits per heavy atom. The summed E-state index contributed by atoms with van der Waals surface area (Å²) in [6.07, 6.45) is 9.14. The number of aliphatic carboxylic acids is 1. The van der Waals surface area contributed by atoms with Gasteiger partial charge in [0.15, 0.2) is 23.7 Å². The van der Waals surface area contributed by atoms with Crippen LogP contribution in [-0.2, 0) is 4.79 Å². The van der Waals surface area contributed by atoms with Gasteiger partial charge in [0.1, 0.15) is 0 Å². The number of ether oxygens (including phenoxy) is 2. The number of hydrogen-bond donors (Lipinski definition) is 2. The van der Waals surface area contributed by atoms with Crippen molar-refractivity contribution in [1.29, 1.82) is 0 Å². The zero-order chi connectivity index (χ0) is 20.4. The molecule has 0 spiro atoms. The van der Waals surface area contributed by atoms with Crippen molar-refractivity contribution in [2.45, 2.75) is 58.3 Å². The van der Waals surface area contributed by atoms with E-state index in [4.69, 9.17) is 19.0 Å². The van der Waals surface area contributed by atoms with Gasteiger partial charge in [0.05, 0.1) is 12.0 Å². The Hall–Kier alpha value is -2.70. The van der Waals surface area contributed by atoms with E-state index in [1.54, 1.807) is 12.1 Å². The van der Waals surface area contributed by atoms with Gasteiger partial charge in [-0.2, -0.15) is 0 Å². The Balaban J connectivity index is 1.95. The zero-order valence-corrected chi connectivity index (χ0v) is 16.2. The minimum absolute atomic E-state index is 0.00863. The second-order valence-electron chi connectivity index (χ2n) is 6.71. The highest BCUT2D eigenvalue weighted by Gasteiger charge is 2.18. The lowest BCUT2D eigenvalue weighted by Gasteiger charge is -2.10. The van der Waals surface area contributed by atoms with Crippen LogP contribution < -0.4 is 15.1 Å². The van der Waals surface area contributed by atoms with Crippen LogP contribution in [0.5, 0.6) is 17.2 Å². The van der Waals surface area contributed by atoms with E-state index in [0.29, 0.717) is 6.61 Å². The number of unbranched alkanes of at least 4 members (excludes halogenated alkanes) is 7. The monoisotopic (exact) mass is 392 g/mol. The number of carboxylic acid groups (broad SMARTS) is 1. The van der Waals surface area contributed by atoms with Crippen LogP contribution >= 0.6 is 0 Å². The first-order valence-electron chi connectivity index (χ1n) is 9.80. The lowest BCUT2D eigenvalue weighted by Crippen LogP contribution is -2.11. The van der Waals surface area contributed by atoms with Crippen LogP contribution in [0, 0.1) is 0 Å². The summed E-state index contributed by atoms with van der Waals surface area (Å²) in [5, 5.41) is 19.4. The summed E-state index contributed by atoms with van der Waals surface area (Å²) in [5.74, 6) is -1.65. The molecule has 28 heavy (non-hydrogen) atoms. The maximum atomic E-state index is 12.2. The van der Waals surface area contributed by atoms with Crippen molar-refractivity contribution in [3.8, 4) is 17.2 Å². The molecule has 1 aromatic carbocycles. The summed E-state index contributed by atoms with van der Waals surface area (Å²) in [5.41, 5.74) is -0.832. The Bertz CT molecular complexity index is 825. The van der Waals surface area contributed by atoms with E-state index < -0.39 is 18.2 Å². The molecule has 7 nitrogen and oxygen atoms in total. The highest BCUT2D eigenvalue weighted by molar-refractivity contribution is 5.89. The Morgan fingerprint density at radius 2 is 1.71 bits per heavy atom. The van der Waals surface area contributed by atoms with Crippen molar-refractivity contribution in [3.63, 3.8) is 0 Å². The maximum Gasteiger partial charge on any atom is 0.383 e. The number of benzene rings is 1.